The second-order valence-electron chi connectivity index (χ2n) is 18.2. The molecule has 0 saturated carbocycles. The molecular weight excluding hydrogens is 805 g/mol. The zero-order valence-corrected chi connectivity index (χ0v) is 36.7. The van der Waals surface area contributed by atoms with Crippen molar-refractivity contribution in [2.24, 2.45) is 0 Å². The molecule has 0 aromatic heterocycles. The molecule has 1 aliphatic rings. The molecule has 1 aliphatic carbocycles. The van der Waals surface area contributed by atoms with E-state index < -0.39 is 5.41 Å². The molecule has 0 aliphatic heterocycles. The summed E-state index contributed by atoms with van der Waals surface area (Å²) in [6.45, 7) is 0. The van der Waals surface area contributed by atoms with Gasteiger partial charge in [0.1, 0.15) is 0 Å². The van der Waals surface area contributed by atoms with Crippen LogP contribution in [-0.4, -0.2) is 0 Å². The lowest BCUT2D eigenvalue weighted by Gasteiger charge is -2.36. The van der Waals surface area contributed by atoms with Gasteiger partial charge in [-0.25, -0.2) is 0 Å². The van der Waals surface area contributed by atoms with Crippen molar-refractivity contribution in [1.82, 2.24) is 0 Å². The van der Waals surface area contributed by atoms with E-state index in [2.05, 4.69) is 255 Å². The van der Waals surface area contributed by atoms with Crippen molar-refractivity contribution >= 4 is 64.6 Å². The van der Waals surface area contributed by atoms with E-state index in [9.17, 15) is 0 Å². The van der Waals surface area contributed by atoms with Gasteiger partial charge in [-0.1, -0.05) is 237 Å². The first-order chi connectivity index (χ1) is 33.3. The summed E-state index contributed by atoms with van der Waals surface area (Å²) in [5.41, 5.74) is 14.7. The van der Waals surface area contributed by atoms with Crippen LogP contribution in [0.4, 0.5) is 0 Å². The number of hydrogen-bond acceptors (Lipinski definition) is 0. The first-order valence-corrected chi connectivity index (χ1v) is 23.4. The van der Waals surface area contributed by atoms with Crippen LogP contribution in [0.1, 0.15) is 22.3 Å². The predicted octanol–water partition coefficient (Wildman–Crippen LogP) is 18.0. The summed E-state index contributed by atoms with van der Waals surface area (Å²) in [6.07, 6.45) is 0. The Morgan fingerprint density at radius 2 is 0.597 bits per heavy atom. The Hall–Kier alpha value is -8.58. The molecule has 13 aromatic rings. The monoisotopic (exact) mass is 846 g/mol. The maximum Gasteiger partial charge on any atom is 0.0725 e. The smallest absolute Gasteiger partial charge is 0.0622 e. The van der Waals surface area contributed by atoms with Crippen LogP contribution in [0.25, 0.3) is 109 Å². The largest absolute Gasteiger partial charge is 0.0725 e. The third kappa shape index (κ3) is 5.42. The fourth-order valence-electron chi connectivity index (χ4n) is 12.2. The van der Waals surface area contributed by atoms with Crippen LogP contribution in [0.5, 0.6) is 0 Å². The minimum Gasteiger partial charge on any atom is -0.0622 e. The molecule has 0 atom stereocenters. The summed E-state index contributed by atoms with van der Waals surface area (Å²) in [6, 6.07) is 95.4. The molecule has 0 unspecified atom stereocenters. The Morgan fingerprint density at radius 1 is 0.209 bits per heavy atom. The lowest BCUT2D eigenvalue weighted by atomic mass is 9.65. The van der Waals surface area contributed by atoms with Crippen LogP contribution in [0.3, 0.4) is 0 Å². The third-order valence-electron chi connectivity index (χ3n) is 14.8. The standard InChI is InChI=1S/C67H42/c1-4-20-43(21-5-1)44-36-37-46-41-47(39-38-45(46)40-44)62-54-30-14-16-32-56(54)63(57-33-17-15-31-55(57)62)60-42-61-64-53-29-13-10-26-50(53)51-27-11-19-35-59(51)66(64)67(48-22-6-2-7-23-48,49-24-8-3-9-25-49)65(61)58-34-18-12-28-52(58)60/h1-42H. The van der Waals surface area contributed by atoms with Gasteiger partial charge < -0.3 is 0 Å². The van der Waals surface area contributed by atoms with Gasteiger partial charge in [-0.05, 0) is 150 Å². The Morgan fingerprint density at radius 3 is 1.15 bits per heavy atom. The molecule has 13 aromatic carbocycles. The molecule has 0 fully saturated rings. The summed E-state index contributed by atoms with van der Waals surface area (Å²) in [5, 5.41) is 15.1. The zero-order chi connectivity index (χ0) is 44.1. The Bertz CT molecular complexity index is 4030. The van der Waals surface area contributed by atoms with Crippen molar-refractivity contribution in [2.45, 2.75) is 5.41 Å². The van der Waals surface area contributed by atoms with Crippen LogP contribution in [0, 0.1) is 0 Å². The highest BCUT2D eigenvalue weighted by molar-refractivity contribution is 6.26. The maximum atomic E-state index is 2.58. The van der Waals surface area contributed by atoms with Crippen molar-refractivity contribution in [3.63, 3.8) is 0 Å². The Kier molecular flexibility index (Phi) is 8.30. The lowest BCUT2D eigenvalue weighted by molar-refractivity contribution is 0.783. The topological polar surface area (TPSA) is 0 Å². The van der Waals surface area contributed by atoms with Crippen molar-refractivity contribution in [2.75, 3.05) is 0 Å². The van der Waals surface area contributed by atoms with Gasteiger partial charge in [-0.3, -0.25) is 0 Å². The average Bonchev–Trinajstić information content (AvgIpc) is 3.73. The normalized spacial score (nSPS) is 12.9. The van der Waals surface area contributed by atoms with E-state index in [1.165, 1.54) is 131 Å². The first kappa shape index (κ1) is 37.8. The summed E-state index contributed by atoms with van der Waals surface area (Å²) in [4.78, 5) is 0. The van der Waals surface area contributed by atoms with E-state index in [-0.39, 0.29) is 0 Å². The van der Waals surface area contributed by atoms with Crippen molar-refractivity contribution in [1.29, 1.82) is 0 Å². The van der Waals surface area contributed by atoms with E-state index in [1.807, 2.05) is 0 Å². The number of rotatable bonds is 5. The minimum absolute atomic E-state index is 0.610. The van der Waals surface area contributed by atoms with E-state index in [0.717, 1.165) is 0 Å². The molecule has 0 spiro atoms. The predicted molar refractivity (Wildman–Crippen MR) is 285 cm³/mol. The SMILES string of the molecule is c1ccc(-c2ccc3cc(-c4c5ccccc5c(-c5cc6c(c7ccccc57)C(c5ccccc5)(c5ccccc5)c5c-6c6ccccc6c6ccccc56)c5ccccc45)ccc3c2)cc1. The molecule has 0 heteroatoms. The molecule has 0 N–H and O–H groups in total. The molecular formula is C67H42. The highest BCUT2D eigenvalue weighted by atomic mass is 14.5. The zero-order valence-electron chi connectivity index (χ0n) is 36.7. The molecule has 0 radical (unpaired) electrons. The number of fused-ring (bicyclic) bond motifs is 13. The summed E-state index contributed by atoms with van der Waals surface area (Å²) >= 11 is 0. The van der Waals surface area contributed by atoms with Crippen LogP contribution in [0.2, 0.25) is 0 Å². The Labute approximate surface area is 389 Å². The van der Waals surface area contributed by atoms with Gasteiger partial charge in [0, 0.05) is 0 Å². The van der Waals surface area contributed by atoms with Gasteiger partial charge in [0.2, 0.25) is 0 Å². The molecule has 0 nitrogen and oxygen atoms in total. The van der Waals surface area contributed by atoms with E-state index in [1.54, 1.807) is 0 Å². The van der Waals surface area contributed by atoms with Gasteiger partial charge in [-0.15, -0.1) is 0 Å². The van der Waals surface area contributed by atoms with E-state index in [4.69, 9.17) is 0 Å². The quantitative estimate of drug-likeness (QED) is 0.120. The first-order valence-electron chi connectivity index (χ1n) is 23.4. The Balaban J connectivity index is 1.11. The maximum absolute atomic E-state index is 2.58. The van der Waals surface area contributed by atoms with Gasteiger partial charge in [0.05, 0.1) is 5.41 Å². The number of benzene rings is 13. The highest BCUT2D eigenvalue weighted by Crippen LogP contribution is 2.63. The molecule has 0 amide bonds. The minimum atomic E-state index is -0.610. The fraction of sp³-hybridized carbons (Fsp3) is 0.0149. The second-order valence-corrected chi connectivity index (χ2v) is 18.2. The number of hydrogen-bond donors (Lipinski definition) is 0. The molecule has 14 rings (SSSR count). The summed E-state index contributed by atoms with van der Waals surface area (Å²) < 4.78 is 0. The van der Waals surface area contributed by atoms with Gasteiger partial charge in [0.15, 0.2) is 0 Å². The van der Waals surface area contributed by atoms with Crippen LogP contribution < -0.4 is 0 Å². The average molecular weight is 847 g/mol. The molecule has 0 saturated heterocycles. The van der Waals surface area contributed by atoms with Crippen LogP contribution in [-0.2, 0) is 5.41 Å². The summed E-state index contributed by atoms with van der Waals surface area (Å²) in [7, 11) is 0. The van der Waals surface area contributed by atoms with E-state index in [0.29, 0.717) is 0 Å². The summed E-state index contributed by atoms with van der Waals surface area (Å²) in [5.74, 6) is 0. The third-order valence-corrected chi connectivity index (χ3v) is 14.8. The lowest BCUT2D eigenvalue weighted by Crippen LogP contribution is -2.29. The second kappa shape index (κ2) is 14.7. The van der Waals surface area contributed by atoms with Gasteiger partial charge in [-0.2, -0.15) is 0 Å². The molecule has 0 heterocycles. The van der Waals surface area contributed by atoms with Crippen LogP contribution >= 0.6 is 0 Å². The van der Waals surface area contributed by atoms with Crippen LogP contribution in [0.15, 0.2) is 255 Å². The van der Waals surface area contributed by atoms with Crippen molar-refractivity contribution in [3.05, 3.63) is 277 Å². The van der Waals surface area contributed by atoms with Gasteiger partial charge >= 0.3 is 0 Å². The molecule has 67 heavy (non-hydrogen) atoms. The molecule has 0 bridgehead atoms. The van der Waals surface area contributed by atoms with Crippen molar-refractivity contribution < 1.29 is 0 Å². The highest BCUT2D eigenvalue weighted by Gasteiger charge is 2.49. The van der Waals surface area contributed by atoms with E-state index >= 15 is 0 Å². The molecule has 310 valence electrons. The van der Waals surface area contributed by atoms with Crippen molar-refractivity contribution in [3.8, 4) is 44.5 Å². The van der Waals surface area contributed by atoms with Gasteiger partial charge in [0.25, 0.3) is 0 Å². The fourth-order valence-corrected chi connectivity index (χ4v) is 12.2.